The third kappa shape index (κ3) is 3.75. The molecule has 0 aliphatic carbocycles. The Balaban J connectivity index is 3.08. The Morgan fingerprint density at radius 2 is 1.81 bits per heavy atom. The summed E-state index contributed by atoms with van der Waals surface area (Å²) in [4.78, 5) is 0. The number of rotatable bonds is 4. The van der Waals surface area contributed by atoms with Gasteiger partial charge in [-0.3, -0.25) is 0 Å². The Hall–Kier alpha value is -0.0562. The molecule has 1 radical (unpaired) electrons. The van der Waals surface area contributed by atoms with Gasteiger partial charge in [-0.25, -0.2) is 0 Å². The molecule has 0 atom stereocenters. The molecule has 89 valence electrons. The minimum atomic E-state index is -1.18. The van der Waals surface area contributed by atoms with E-state index in [2.05, 4.69) is 51.3 Å². The lowest BCUT2D eigenvalue weighted by molar-refractivity contribution is 1.43. The topological polar surface area (TPSA) is 0 Å². The van der Waals surface area contributed by atoms with Gasteiger partial charge in [-0.15, -0.1) is 11.6 Å². The van der Waals surface area contributed by atoms with E-state index in [-0.39, 0.29) is 0 Å². The second kappa shape index (κ2) is 5.52. The van der Waals surface area contributed by atoms with Crippen molar-refractivity contribution in [3.8, 4) is 0 Å². The Bertz CT molecular complexity index is 355. The smallest absolute Gasteiger partial charge is 0.0836 e. The quantitative estimate of drug-likeness (QED) is 0.582. The minimum absolute atomic E-state index is 0.432. The summed E-state index contributed by atoms with van der Waals surface area (Å²) in [5, 5.41) is 3.14. The van der Waals surface area contributed by atoms with Crippen LogP contribution in [0.4, 0.5) is 0 Å². The van der Waals surface area contributed by atoms with Gasteiger partial charge in [0.25, 0.3) is 0 Å². The fourth-order valence-electron chi connectivity index (χ4n) is 1.75. The molecule has 16 heavy (non-hydrogen) atoms. The maximum Gasteiger partial charge on any atom is 0.0836 e. The molecule has 0 unspecified atom stereocenters. The van der Waals surface area contributed by atoms with Crippen LogP contribution in [0.5, 0.6) is 0 Å². The van der Waals surface area contributed by atoms with Crippen molar-refractivity contribution in [3.05, 3.63) is 23.8 Å². The second-order valence-corrected chi connectivity index (χ2v) is 13.7. The SMILES string of the molecule is Cc1cc([Si](C)CCCl)cc([Si](C)(C)C)c1. The van der Waals surface area contributed by atoms with Crippen LogP contribution < -0.4 is 10.4 Å². The molecule has 0 heterocycles. The van der Waals surface area contributed by atoms with Crippen LogP contribution in [-0.2, 0) is 0 Å². The van der Waals surface area contributed by atoms with Gasteiger partial charge in [0.15, 0.2) is 0 Å². The van der Waals surface area contributed by atoms with Crippen molar-refractivity contribution < 1.29 is 0 Å². The zero-order valence-electron chi connectivity index (χ0n) is 11.0. The second-order valence-electron chi connectivity index (χ2n) is 5.56. The van der Waals surface area contributed by atoms with Crippen LogP contribution in [0.2, 0.25) is 32.2 Å². The predicted molar refractivity (Wildman–Crippen MR) is 80.9 cm³/mol. The molecule has 0 spiro atoms. The summed E-state index contributed by atoms with van der Waals surface area (Å²) in [6, 6.07) is 8.33. The highest BCUT2D eigenvalue weighted by Crippen LogP contribution is 2.05. The van der Waals surface area contributed by atoms with E-state index >= 15 is 0 Å². The maximum atomic E-state index is 5.85. The summed E-state index contributed by atoms with van der Waals surface area (Å²) >= 11 is 5.85. The lowest BCUT2D eigenvalue weighted by Gasteiger charge is -2.20. The molecule has 1 rings (SSSR count). The number of hydrogen-bond donors (Lipinski definition) is 0. The van der Waals surface area contributed by atoms with Gasteiger partial charge in [-0.05, 0) is 13.0 Å². The Labute approximate surface area is 108 Å². The number of aryl methyl sites for hydroxylation is 1. The molecule has 0 bridgehead atoms. The van der Waals surface area contributed by atoms with E-state index < -0.39 is 16.9 Å². The molecule has 0 fully saturated rings. The van der Waals surface area contributed by atoms with E-state index in [1.807, 2.05) is 0 Å². The van der Waals surface area contributed by atoms with Crippen LogP contribution in [-0.4, -0.2) is 22.8 Å². The van der Waals surface area contributed by atoms with E-state index in [1.165, 1.54) is 11.6 Å². The van der Waals surface area contributed by atoms with Crippen LogP contribution in [0.3, 0.4) is 0 Å². The van der Waals surface area contributed by atoms with Gasteiger partial charge < -0.3 is 0 Å². The molecule has 0 N–H and O–H groups in total. The molecule has 0 aliphatic rings. The van der Waals surface area contributed by atoms with Crippen molar-refractivity contribution >= 4 is 38.8 Å². The molecule has 1 aromatic carbocycles. The molecule has 0 saturated heterocycles. The van der Waals surface area contributed by atoms with Crippen molar-refractivity contribution in [1.82, 2.24) is 0 Å². The van der Waals surface area contributed by atoms with Gasteiger partial charge in [-0.2, -0.15) is 0 Å². The number of alkyl halides is 1. The number of hydrogen-bond acceptors (Lipinski definition) is 0. The average molecular weight is 270 g/mol. The van der Waals surface area contributed by atoms with Gasteiger partial charge >= 0.3 is 0 Å². The lowest BCUT2D eigenvalue weighted by atomic mass is 10.2. The van der Waals surface area contributed by atoms with Crippen molar-refractivity contribution in [2.75, 3.05) is 5.88 Å². The predicted octanol–water partition coefficient (Wildman–Crippen LogP) is 3.11. The highest BCUT2D eigenvalue weighted by molar-refractivity contribution is 6.89. The van der Waals surface area contributed by atoms with Gasteiger partial charge in [0.2, 0.25) is 0 Å². The van der Waals surface area contributed by atoms with Crippen LogP contribution in [0.25, 0.3) is 0 Å². The minimum Gasteiger partial charge on any atom is -0.127 e. The van der Waals surface area contributed by atoms with E-state index in [9.17, 15) is 0 Å². The molecule has 0 amide bonds. The Kier molecular flexibility index (Phi) is 4.83. The van der Waals surface area contributed by atoms with E-state index in [1.54, 1.807) is 10.4 Å². The van der Waals surface area contributed by atoms with Crippen LogP contribution in [0.15, 0.2) is 18.2 Å². The number of benzene rings is 1. The highest BCUT2D eigenvalue weighted by Gasteiger charge is 2.18. The standard InChI is InChI=1S/C13H22ClSi2/c1-11-8-12(15(2)7-6-14)10-13(9-11)16(3,4)5/h8-10H,6-7H2,1-5H3. The first-order valence-electron chi connectivity index (χ1n) is 5.85. The summed E-state index contributed by atoms with van der Waals surface area (Å²) in [6.45, 7) is 11.8. The van der Waals surface area contributed by atoms with Crippen LogP contribution in [0, 0.1) is 6.92 Å². The normalized spacial score (nSPS) is 12.2. The van der Waals surface area contributed by atoms with Crippen LogP contribution >= 0.6 is 11.6 Å². The third-order valence-electron chi connectivity index (χ3n) is 2.91. The summed E-state index contributed by atoms with van der Waals surface area (Å²) in [7, 11) is -1.61. The largest absolute Gasteiger partial charge is 0.127 e. The molecule has 3 heteroatoms. The van der Waals surface area contributed by atoms with Crippen molar-refractivity contribution in [3.63, 3.8) is 0 Å². The molecule has 0 aliphatic heterocycles. The van der Waals surface area contributed by atoms with E-state index in [4.69, 9.17) is 11.6 Å². The van der Waals surface area contributed by atoms with Crippen molar-refractivity contribution in [2.24, 2.45) is 0 Å². The summed E-state index contributed by atoms with van der Waals surface area (Å²) in [5.41, 5.74) is 1.41. The summed E-state index contributed by atoms with van der Waals surface area (Å²) in [5.74, 6) is 0.793. The van der Waals surface area contributed by atoms with E-state index in [0.29, 0.717) is 0 Å². The first-order valence-corrected chi connectivity index (χ1v) is 12.1. The summed E-state index contributed by atoms with van der Waals surface area (Å²) < 4.78 is 0. The molecule has 1 aromatic rings. The average Bonchev–Trinajstić information content (AvgIpc) is 2.16. The highest BCUT2D eigenvalue weighted by atomic mass is 35.5. The molecular formula is C13H22ClSi2. The van der Waals surface area contributed by atoms with Gasteiger partial charge in [0.1, 0.15) is 0 Å². The Morgan fingerprint density at radius 1 is 1.19 bits per heavy atom. The zero-order valence-corrected chi connectivity index (χ0v) is 13.8. The maximum absolute atomic E-state index is 5.85. The van der Waals surface area contributed by atoms with Crippen LogP contribution in [0.1, 0.15) is 5.56 Å². The molecule has 0 nitrogen and oxygen atoms in total. The fraction of sp³-hybridized carbons (Fsp3) is 0.538. The monoisotopic (exact) mass is 269 g/mol. The lowest BCUT2D eigenvalue weighted by Crippen LogP contribution is -2.41. The molecule has 0 aromatic heterocycles. The fourth-order valence-corrected chi connectivity index (χ4v) is 5.44. The third-order valence-corrected chi connectivity index (χ3v) is 7.71. The Morgan fingerprint density at radius 3 is 2.31 bits per heavy atom. The zero-order chi connectivity index (χ0) is 12.3. The first kappa shape index (κ1) is 14.0. The molecule has 0 saturated carbocycles. The van der Waals surface area contributed by atoms with Gasteiger partial charge in [0, 0.05) is 5.88 Å². The van der Waals surface area contributed by atoms with Gasteiger partial charge in [-0.1, -0.05) is 60.3 Å². The van der Waals surface area contributed by atoms with E-state index in [0.717, 1.165) is 5.88 Å². The summed E-state index contributed by atoms with van der Waals surface area (Å²) in [6.07, 6.45) is 0. The molecular weight excluding hydrogens is 248 g/mol. The van der Waals surface area contributed by atoms with Crippen molar-refractivity contribution in [2.45, 2.75) is 39.2 Å². The number of halogens is 1. The van der Waals surface area contributed by atoms with Gasteiger partial charge in [0.05, 0.1) is 16.9 Å². The van der Waals surface area contributed by atoms with Crippen molar-refractivity contribution in [1.29, 1.82) is 0 Å². The first-order chi connectivity index (χ1) is 7.34.